The number of nitrogens with two attached hydrogens (primary N) is 1. The number of unbranched alkanes of at least 4 members (excludes halogenated alkanes) is 1. The average Bonchev–Trinajstić information content (AvgIpc) is 3.07. The first kappa shape index (κ1) is 13.3. The van der Waals surface area contributed by atoms with Crippen molar-refractivity contribution in [2.45, 2.75) is 19.3 Å². The third kappa shape index (κ3) is 2.37. The molecule has 0 amide bonds. The SMILES string of the molecule is NCCCCc1c(-c2cccs2)[nH]c2c(F)cccc12. The zero-order valence-electron chi connectivity index (χ0n) is 11.2. The van der Waals surface area contributed by atoms with Gasteiger partial charge in [-0.25, -0.2) is 4.39 Å². The minimum atomic E-state index is -0.189. The minimum absolute atomic E-state index is 0.189. The minimum Gasteiger partial charge on any atom is -0.351 e. The van der Waals surface area contributed by atoms with Gasteiger partial charge in [0, 0.05) is 5.39 Å². The predicted molar refractivity (Wildman–Crippen MR) is 83.6 cm³/mol. The Hall–Kier alpha value is -1.65. The number of fused-ring (bicyclic) bond motifs is 1. The topological polar surface area (TPSA) is 41.8 Å². The summed E-state index contributed by atoms with van der Waals surface area (Å²) in [6.07, 6.45) is 2.94. The Morgan fingerprint density at radius 2 is 2.05 bits per heavy atom. The van der Waals surface area contributed by atoms with Crippen LogP contribution in [0.2, 0.25) is 0 Å². The van der Waals surface area contributed by atoms with Crippen LogP contribution in [0.4, 0.5) is 4.39 Å². The quantitative estimate of drug-likeness (QED) is 0.675. The molecule has 0 radical (unpaired) electrons. The van der Waals surface area contributed by atoms with Crippen molar-refractivity contribution in [3.8, 4) is 10.6 Å². The van der Waals surface area contributed by atoms with Crippen LogP contribution in [0.15, 0.2) is 35.7 Å². The Balaban J connectivity index is 2.12. The van der Waals surface area contributed by atoms with Crippen LogP contribution in [0, 0.1) is 5.82 Å². The van der Waals surface area contributed by atoms with Gasteiger partial charge in [-0.2, -0.15) is 0 Å². The number of aromatic nitrogens is 1. The number of benzene rings is 1. The van der Waals surface area contributed by atoms with Crippen molar-refractivity contribution in [3.05, 3.63) is 47.1 Å². The molecule has 0 atom stereocenters. The Labute approximate surface area is 121 Å². The number of nitrogens with one attached hydrogen (secondary N) is 1. The van der Waals surface area contributed by atoms with E-state index in [0.29, 0.717) is 12.1 Å². The number of aromatic amines is 1. The van der Waals surface area contributed by atoms with E-state index >= 15 is 0 Å². The van der Waals surface area contributed by atoms with E-state index < -0.39 is 0 Å². The first-order chi connectivity index (χ1) is 9.81. The van der Waals surface area contributed by atoms with Crippen LogP contribution < -0.4 is 5.73 Å². The van der Waals surface area contributed by atoms with Gasteiger partial charge < -0.3 is 10.7 Å². The molecule has 0 fully saturated rings. The average molecular weight is 288 g/mol. The number of halogens is 1. The second-order valence-electron chi connectivity index (χ2n) is 4.86. The largest absolute Gasteiger partial charge is 0.351 e. The van der Waals surface area contributed by atoms with E-state index in [1.54, 1.807) is 17.4 Å². The summed E-state index contributed by atoms with van der Waals surface area (Å²) in [5, 5.41) is 3.03. The Morgan fingerprint density at radius 1 is 1.15 bits per heavy atom. The Bertz CT molecular complexity index is 701. The maximum absolute atomic E-state index is 14.0. The summed E-state index contributed by atoms with van der Waals surface area (Å²) in [7, 11) is 0. The van der Waals surface area contributed by atoms with E-state index in [1.165, 1.54) is 11.6 Å². The molecule has 104 valence electrons. The number of hydrogen-bond acceptors (Lipinski definition) is 2. The van der Waals surface area contributed by atoms with Gasteiger partial charge in [-0.3, -0.25) is 0 Å². The fourth-order valence-electron chi connectivity index (χ4n) is 2.57. The molecular weight excluding hydrogens is 271 g/mol. The van der Waals surface area contributed by atoms with Gasteiger partial charge >= 0.3 is 0 Å². The molecule has 0 aliphatic heterocycles. The van der Waals surface area contributed by atoms with Crippen LogP contribution in [-0.4, -0.2) is 11.5 Å². The van der Waals surface area contributed by atoms with Gasteiger partial charge in [-0.05, 0) is 48.9 Å². The molecule has 0 unspecified atom stereocenters. The van der Waals surface area contributed by atoms with Gasteiger partial charge in [0.2, 0.25) is 0 Å². The number of thiophene rings is 1. The van der Waals surface area contributed by atoms with E-state index in [-0.39, 0.29) is 5.82 Å². The summed E-state index contributed by atoms with van der Waals surface area (Å²) in [4.78, 5) is 4.42. The van der Waals surface area contributed by atoms with Crippen molar-refractivity contribution in [1.29, 1.82) is 0 Å². The first-order valence-electron chi connectivity index (χ1n) is 6.84. The highest BCUT2D eigenvalue weighted by Gasteiger charge is 2.15. The highest BCUT2D eigenvalue weighted by molar-refractivity contribution is 7.13. The lowest BCUT2D eigenvalue weighted by atomic mass is 10.0. The summed E-state index contributed by atoms with van der Waals surface area (Å²) in [6.45, 7) is 0.699. The molecule has 3 rings (SSSR count). The van der Waals surface area contributed by atoms with E-state index in [2.05, 4.69) is 11.1 Å². The molecule has 2 aromatic heterocycles. The summed E-state index contributed by atoms with van der Waals surface area (Å²) < 4.78 is 14.0. The second kappa shape index (κ2) is 5.77. The number of rotatable bonds is 5. The van der Waals surface area contributed by atoms with Crippen molar-refractivity contribution in [2.24, 2.45) is 5.73 Å². The number of aryl methyl sites for hydroxylation is 1. The van der Waals surface area contributed by atoms with E-state index in [0.717, 1.165) is 35.2 Å². The van der Waals surface area contributed by atoms with Crippen molar-refractivity contribution in [2.75, 3.05) is 6.54 Å². The molecule has 0 aliphatic carbocycles. The van der Waals surface area contributed by atoms with Crippen LogP contribution in [0.3, 0.4) is 0 Å². The van der Waals surface area contributed by atoms with E-state index in [4.69, 9.17) is 5.73 Å². The van der Waals surface area contributed by atoms with Gasteiger partial charge in [0.05, 0.1) is 16.1 Å². The lowest BCUT2D eigenvalue weighted by Crippen LogP contribution is -1.99. The van der Waals surface area contributed by atoms with Crippen LogP contribution in [0.5, 0.6) is 0 Å². The molecule has 3 aromatic rings. The van der Waals surface area contributed by atoms with Crippen LogP contribution in [0.25, 0.3) is 21.5 Å². The fraction of sp³-hybridized carbons (Fsp3) is 0.250. The molecule has 2 nitrogen and oxygen atoms in total. The van der Waals surface area contributed by atoms with E-state index in [9.17, 15) is 4.39 Å². The van der Waals surface area contributed by atoms with Crippen LogP contribution >= 0.6 is 11.3 Å². The van der Waals surface area contributed by atoms with Gasteiger partial charge in [0.1, 0.15) is 5.82 Å². The summed E-state index contributed by atoms with van der Waals surface area (Å²) in [5.41, 5.74) is 8.44. The van der Waals surface area contributed by atoms with E-state index in [1.807, 2.05) is 17.5 Å². The smallest absolute Gasteiger partial charge is 0.147 e. The number of H-pyrrole nitrogens is 1. The molecule has 0 aliphatic rings. The second-order valence-corrected chi connectivity index (χ2v) is 5.81. The molecule has 0 saturated heterocycles. The van der Waals surface area contributed by atoms with Crippen molar-refractivity contribution >= 4 is 22.2 Å². The van der Waals surface area contributed by atoms with Crippen molar-refractivity contribution in [1.82, 2.24) is 4.98 Å². The molecule has 3 N–H and O–H groups in total. The maximum Gasteiger partial charge on any atom is 0.147 e. The summed E-state index contributed by atoms with van der Waals surface area (Å²) in [6, 6.07) is 9.35. The van der Waals surface area contributed by atoms with Gasteiger partial charge in [0.15, 0.2) is 0 Å². The highest BCUT2D eigenvalue weighted by atomic mass is 32.1. The third-order valence-electron chi connectivity index (χ3n) is 3.54. The molecule has 4 heteroatoms. The zero-order chi connectivity index (χ0) is 13.9. The third-order valence-corrected chi connectivity index (χ3v) is 4.43. The fourth-order valence-corrected chi connectivity index (χ4v) is 3.33. The van der Waals surface area contributed by atoms with Crippen molar-refractivity contribution in [3.63, 3.8) is 0 Å². The number of hydrogen-bond donors (Lipinski definition) is 2. The monoisotopic (exact) mass is 288 g/mol. The molecule has 0 spiro atoms. The Kier molecular flexibility index (Phi) is 3.85. The summed E-state index contributed by atoms with van der Waals surface area (Å²) in [5.74, 6) is -0.189. The van der Waals surface area contributed by atoms with Gasteiger partial charge in [-0.15, -0.1) is 11.3 Å². The Morgan fingerprint density at radius 3 is 2.80 bits per heavy atom. The molecular formula is C16H17FN2S. The molecule has 20 heavy (non-hydrogen) atoms. The summed E-state index contributed by atoms with van der Waals surface area (Å²) >= 11 is 1.67. The predicted octanol–water partition coefficient (Wildman–Crippen LogP) is 4.32. The van der Waals surface area contributed by atoms with Crippen molar-refractivity contribution < 1.29 is 4.39 Å². The molecule has 1 aromatic carbocycles. The zero-order valence-corrected chi connectivity index (χ0v) is 12.0. The standard InChI is InChI=1S/C16H17FN2S/c17-13-7-3-6-11-12(5-1-2-9-18)16(19-15(11)13)14-8-4-10-20-14/h3-4,6-8,10,19H,1-2,5,9,18H2. The lowest BCUT2D eigenvalue weighted by Gasteiger charge is -2.03. The van der Waals surface area contributed by atoms with Crippen LogP contribution in [-0.2, 0) is 6.42 Å². The van der Waals surface area contributed by atoms with Gasteiger partial charge in [-0.1, -0.05) is 18.2 Å². The lowest BCUT2D eigenvalue weighted by molar-refractivity contribution is 0.637. The highest BCUT2D eigenvalue weighted by Crippen LogP contribution is 2.34. The maximum atomic E-state index is 14.0. The first-order valence-corrected chi connectivity index (χ1v) is 7.72. The van der Waals surface area contributed by atoms with Crippen LogP contribution in [0.1, 0.15) is 18.4 Å². The van der Waals surface area contributed by atoms with Gasteiger partial charge in [0.25, 0.3) is 0 Å². The molecule has 2 heterocycles. The number of para-hydroxylation sites is 1. The molecule has 0 bridgehead atoms. The molecule has 0 saturated carbocycles. The normalized spacial score (nSPS) is 11.3.